The molecule has 2 aromatic heterocycles. The van der Waals surface area contributed by atoms with E-state index < -0.39 is 33.6 Å². The number of benzene rings is 3. The largest absolute Gasteiger partial charge is 0.478 e. The minimum Gasteiger partial charge on any atom is -0.478 e. The Balaban J connectivity index is 0.00000185. The number of carboxylic acids is 1. The van der Waals surface area contributed by atoms with Crippen molar-refractivity contribution in [2.45, 2.75) is 17.7 Å². The quantitative estimate of drug-likeness (QED) is 0.179. The molecule has 0 amide bonds. The van der Waals surface area contributed by atoms with Gasteiger partial charge in [0.15, 0.2) is 11.6 Å². The van der Waals surface area contributed by atoms with Gasteiger partial charge in [-0.15, -0.1) is 11.3 Å². The maximum Gasteiger partial charge on any atom is 0.335 e. The van der Waals surface area contributed by atoms with Crippen LogP contribution < -0.4 is 0 Å². The third-order valence-electron chi connectivity index (χ3n) is 6.54. The fraction of sp³-hybridized carbons (Fsp3) is 0.0741. The molecule has 6 rings (SSSR count). The van der Waals surface area contributed by atoms with E-state index in [9.17, 15) is 32.5 Å². The van der Waals surface area contributed by atoms with Gasteiger partial charge in [-0.1, -0.05) is 12.1 Å². The Labute approximate surface area is 276 Å². The summed E-state index contributed by atoms with van der Waals surface area (Å²) in [6.07, 6.45) is 0. The monoisotopic (exact) mass is 590 g/mol. The fourth-order valence-electron chi connectivity index (χ4n) is 4.74. The predicted octanol–water partition coefficient (Wildman–Crippen LogP) is 4.17. The van der Waals surface area contributed by atoms with Crippen molar-refractivity contribution in [1.29, 1.82) is 0 Å². The Morgan fingerprint density at radius 3 is 2.27 bits per heavy atom. The molecule has 2 heterocycles. The van der Waals surface area contributed by atoms with Gasteiger partial charge in [0, 0.05) is 81.2 Å². The number of aromatic nitrogens is 2. The Bertz CT molecular complexity index is 2010. The summed E-state index contributed by atoms with van der Waals surface area (Å²) in [6.45, 7) is 1.60. The second-order valence-corrected chi connectivity index (χ2v) is 11.3. The number of pyridine rings is 1. The van der Waals surface area contributed by atoms with Crippen molar-refractivity contribution in [2.75, 3.05) is 0 Å². The maximum atomic E-state index is 13.0. The van der Waals surface area contributed by atoms with Gasteiger partial charge in [0.1, 0.15) is 15.8 Å². The minimum atomic E-state index is -4.44. The van der Waals surface area contributed by atoms with Gasteiger partial charge in [0.25, 0.3) is 10.1 Å². The van der Waals surface area contributed by atoms with E-state index >= 15 is 0 Å². The standard InChI is InChI=1S/C27H16N2O7S2.2Na/c1-12-2-7-20-24(25(12)38(34,35)36)37-26(29-20)14-5-8-18-13(10-14)4-9-19(28-18)21-22(30)16-6-3-15(27(32)33)11-17(16)23(21)31;;/h2-11,21H,1H3,(H,32,33)(H,34,35,36);;. The molecule has 9 nitrogen and oxygen atoms in total. The first-order valence-corrected chi connectivity index (χ1v) is 13.5. The molecule has 5 aromatic rings. The first-order chi connectivity index (χ1) is 18.0. The average molecular weight is 591 g/mol. The number of fused-ring (bicyclic) bond motifs is 3. The van der Waals surface area contributed by atoms with Crippen LogP contribution in [0.5, 0.6) is 0 Å². The van der Waals surface area contributed by atoms with E-state index in [4.69, 9.17) is 0 Å². The van der Waals surface area contributed by atoms with E-state index in [1.165, 1.54) is 18.2 Å². The van der Waals surface area contributed by atoms with Crippen LogP contribution in [-0.4, -0.2) is 105 Å². The SMILES string of the molecule is Cc1ccc2nc(-c3ccc4nc(C5C(=O)c6ccc(C(=O)O)cc6C5=O)ccc4c3)sc2c1S(=O)(=O)O.[Na].[Na]. The smallest absolute Gasteiger partial charge is 0.335 e. The van der Waals surface area contributed by atoms with Gasteiger partial charge in [-0.25, -0.2) is 9.78 Å². The van der Waals surface area contributed by atoms with Crippen molar-refractivity contribution < 1.29 is 32.5 Å². The van der Waals surface area contributed by atoms with E-state index in [0.717, 1.165) is 11.3 Å². The van der Waals surface area contributed by atoms with Gasteiger partial charge >= 0.3 is 5.97 Å². The molecule has 13 heteroatoms. The normalized spacial score (nSPS) is 14.6. The van der Waals surface area contributed by atoms with Crippen molar-refractivity contribution in [3.8, 4) is 10.6 Å². The molecule has 1 unspecified atom stereocenters. The molecular weight excluding hydrogens is 574 g/mol. The van der Waals surface area contributed by atoms with Crippen LogP contribution in [0.2, 0.25) is 0 Å². The number of thiazole rings is 1. The number of rotatable bonds is 4. The zero-order chi connectivity index (χ0) is 26.9. The van der Waals surface area contributed by atoms with Crippen molar-refractivity contribution in [3.63, 3.8) is 0 Å². The second kappa shape index (κ2) is 11.2. The van der Waals surface area contributed by atoms with Crippen LogP contribution in [0.25, 0.3) is 31.7 Å². The number of carbonyl (C=O) groups is 3. The number of ketones is 2. The van der Waals surface area contributed by atoms with Crippen LogP contribution >= 0.6 is 11.3 Å². The second-order valence-electron chi connectivity index (χ2n) is 8.92. The van der Waals surface area contributed by atoms with Crippen molar-refractivity contribution in [3.05, 3.63) is 88.6 Å². The number of hydrogen-bond donors (Lipinski definition) is 2. The zero-order valence-electron chi connectivity index (χ0n) is 21.5. The topological polar surface area (TPSA) is 152 Å². The molecule has 0 bridgehead atoms. The van der Waals surface area contributed by atoms with Gasteiger partial charge in [-0.2, -0.15) is 8.42 Å². The summed E-state index contributed by atoms with van der Waals surface area (Å²) < 4.78 is 34.0. The van der Waals surface area contributed by atoms with Gasteiger partial charge in [-0.3, -0.25) is 19.1 Å². The molecular formula is C27H16N2Na2O7S2. The summed E-state index contributed by atoms with van der Waals surface area (Å²) in [6, 6.07) is 15.8. The number of aromatic carboxylic acids is 1. The van der Waals surface area contributed by atoms with Crippen LogP contribution in [-0.2, 0) is 10.1 Å². The Hall–Kier alpha value is -2.32. The van der Waals surface area contributed by atoms with Crippen molar-refractivity contribution >= 4 is 119 Å². The summed E-state index contributed by atoms with van der Waals surface area (Å²) >= 11 is 1.15. The molecule has 2 N–H and O–H groups in total. The summed E-state index contributed by atoms with van der Waals surface area (Å²) in [5.74, 6) is -3.25. The Morgan fingerprint density at radius 2 is 1.57 bits per heavy atom. The number of Topliss-reactive ketones (excluding diaryl/α,β-unsaturated/α-hetero) is 2. The fourth-order valence-corrected chi connectivity index (χ4v) is 7.05. The molecule has 1 aliphatic carbocycles. The van der Waals surface area contributed by atoms with E-state index in [1.807, 2.05) is 6.07 Å². The van der Waals surface area contributed by atoms with Crippen molar-refractivity contribution in [1.82, 2.24) is 9.97 Å². The third-order valence-corrected chi connectivity index (χ3v) is 8.85. The van der Waals surface area contributed by atoms with Gasteiger partial charge in [0.2, 0.25) is 0 Å². The minimum absolute atomic E-state index is 0. The molecule has 1 aliphatic rings. The summed E-state index contributed by atoms with van der Waals surface area (Å²) in [5.41, 5.74) is 2.55. The van der Waals surface area contributed by atoms with Gasteiger partial charge in [0.05, 0.1) is 27.0 Å². The third kappa shape index (κ3) is 5.11. The molecule has 40 heavy (non-hydrogen) atoms. The molecule has 1 atom stereocenters. The van der Waals surface area contributed by atoms with Crippen LogP contribution in [0, 0.1) is 6.92 Å². The summed E-state index contributed by atoms with van der Waals surface area (Å²) in [7, 11) is -4.44. The number of hydrogen-bond acceptors (Lipinski definition) is 8. The van der Waals surface area contributed by atoms with Crippen LogP contribution in [0.15, 0.2) is 65.6 Å². The van der Waals surface area contributed by atoms with Crippen LogP contribution in [0.1, 0.15) is 48.2 Å². The molecule has 190 valence electrons. The van der Waals surface area contributed by atoms with Gasteiger partial charge < -0.3 is 5.11 Å². The molecule has 0 spiro atoms. The summed E-state index contributed by atoms with van der Waals surface area (Å²) in [5, 5.41) is 10.5. The molecule has 3 aromatic carbocycles. The molecule has 0 saturated heterocycles. The Morgan fingerprint density at radius 1 is 0.875 bits per heavy atom. The molecule has 0 fully saturated rings. The number of nitrogens with zero attached hydrogens (tertiary/aromatic N) is 2. The van der Waals surface area contributed by atoms with E-state index in [0.29, 0.717) is 37.3 Å². The molecule has 0 saturated carbocycles. The zero-order valence-corrected chi connectivity index (χ0v) is 27.1. The van der Waals surface area contributed by atoms with E-state index in [-0.39, 0.29) is 86.4 Å². The Kier molecular flexibility index (Phi) is 8.55. The average Bonchev–Trinajstić information content (AvgIpc) is 3.41. The number of carbonyl (C=O) groups excluding carboxylic acids is 2. The maximum absolute atomic E-state index is 13.0. The predicted molar refractivity (Wildman–Crippen MR) is 151 cm³/mol. The first-order valence-electron chi connectivity index (χ1n) is 11.3. The molecule has 0 aliphatic heterocycles. The number of aryl methyl sites for hydroxylation is 1. The van der Waals surface area contributed by atoms with E-state index in [2.05, 4.69) is 9.97 Å². The first kappa shape index (κ1) is 30.6. The summed E-state index contributed by atoms with van der Waals surface area (Å²) in [4.78, 5) is 46.3. The number of carboxylic acid groups (broad SMARTS) is 1. The van der Waals surface area contributed by atoms with Gasteiger partial charge in [-0.05, 0) is 61.0 Å². The van der Waals surface area contributed by atoms with Crippen molar-refractivity contribution in [2.24, 2.45) is 0 Å². The van der Waals surface area contributed by atoms with Crippen LogP contribution in [0.3, 0.4) is 0 Å². The van der Waals surface area contributed by atoms with E-state index in [1.54, 1.807) is 43.3 Å². The van der Waals surface area contributed by atoms with Crippen LogP contribution in [0.4, 0.5) is 0 Å². The molecule has 2 radical (unpaired) electrons.